The zero-order valence-corrected chi connectivity index (χ0v) is 12.7. The summed E-state index contributed by atoms with van der Waals surface area (Å²) in [5, 5.41) is 10.6. The smallest absolute Gasteiger partial charge is 0.161 e. The third-order valence-corrected chi connectivity index (χ3v) is 3.62. The fourth-order valence-corrected chi connectivity index (χ4v) is 2.35. The Hall–Kier alpha value is -1.78. The van der Waals surface area contributed by atoms with Gasteiger partial charge in [0.05, 0.1) is 14.2 Å². The molecule has 1 atom stereocenters. The Labute approximate surface area is 127 Å². The van der Waals surface area contributed by atoms with Gasteiger partial charge in [-0.3, -0.25) is 0 Å². The highest BCUT2D eigenvalue weighted by Gasteiger charge is 2.18. The van der Waals surface area contributed by atoms with Crippen LogP contribution in [0.25, 0.3) is 0 Å². The van der Waals surface area contributed by atoms with E-state index < -0.39 is 11.9 Å². The topological polar surface area (TPSA) is 38.7 Å². The van der Waals surface area contributed by atoms with Crippen molar-refractivity contribution in [3.8, 4) is 11.5 Å². The maximum atomic E-state index is 13.4. The minimum Gasteiger partial charge on any atom is -0.493 e. The van der Waals surface area contributed by atoms with Gasteiger partial charge in [-0.25, -0.2) is 4.39 Å². The van der Waals surface area contributed by atoms with Gasteiger partial charge in [-0.15, -0.1) is 0 Å². The van der Waals surface area contributed by atoms with Gasteiger partial charge in [-0.2, -0.15) is 0 Å². The van der Waals surface area contributed by atoms with Gasteiger partial charge in [-0.05, 0) is 42.3 Å². The van der Waals surface area contributed by atoms with E-state index in [4.69, 9.17) is 21.1 Å². The first kappa shape index (κ1) is 15.6. The molecule has 0 saturated carbocycles. The van der Waals surface area contributed by atoms with Crippen LogP contribution >= 0.6 is 11.6 Å². The van der Waals surface area contributed by atoms with Crippen molar-refractivity contribution in [1.82, 2.24) is 0 Å². The zero-order chi connectivity index (χ0) is 15.6. The van der Waals surface area contributed by atoms with Crippen LogP contribution < -0.4 is 9.47 Å². The largest absolute Gasteiger partial charge is 0.493 e. The predicted molar refractivity (Wildman–Crippen MR) is 79.8 cm³/mol. The van der Waals surface area contributed by atoms with Crippen molar-refractivity contribution in [2.75, 3.05) is 14.2 Å². The third kappa shape index (κ3) is 3.12. The van der Waals surface area contributed by atoms with Crippen molar-refractivity contribution in [3.05, 3.63) is 57.9 Å². The highest BCUT2D eigenvalue weighted by molar-refractivity contribution is 6.31. The highest BCUT2D eigenvalue weighted by Crippen LogP contribution is 2.35. The fraction of sp³-hybridized carbons (Fsp3) is 0.250. The summed E-state index contributed by atoms with van der Waals surface area (Å²) in [7, 11) is 3.05. The van der Waals surface area contributed by atoms with Gasteiger partial charge in [0.1, 0.15) is 11.9 Å². The van der Waals surface area contributed by atoms with Gasteiger partial charge in [0.15, 0.2) is 11.5 Å². The van der Waals surface area contributed by atoms with E-state index in [1.165, 1.54) is 20.3 Å². The van der Waals surface area contributed by atoms with Gasteiger partial charge in [0.25, 0.3) is 0 Å². The Morgan fingerprint density at radius 3 is 2.38 bits per heavy atom. The lowest BCUT2D eigenvalue weighted by Gasteiger charge is -2.16. The maximum Gasteiger partial charge on any atom is 0.161 e. The minimum atomic E-state index is -0.975. The van der Waals surface area contributed by atoms with Crippen LogP contribution in [0.4, 0.5) is 4.39 Å². The fourth-order valence-electron chi connectivity index (χ4n) is 2.09. The van der Waals surface area contributed by atoms with Crippen molar-refractivity contribution in [2.45, 2.75) is 13.0 Å². The van der Waals surface area contributed by atoms with E-state index in [-0.39, 0.29) is 5.02 Å². The number of ether oxygens (including phenoxy) is 2. The van der Waals surface area contributed by atoms with Gasteiger partial charge < -0.3 is 14.6 Å². The minimum absolute atomic E-state index is 0.181. The molecule has 3 nitrogen and oxygen atoms in total. The quantitative estimate of drug-likeness (QED) is 0.931. The Morgan fingerprint density at radius 1 is 1.10 bits per heavy atom. The second kappa shape index (κ2) is 6.33. The average molecular weight is 311 g/mol. The molecule has 2 rings (SSSR count). The molecule has 0 aliphatic heterocycles. The average Bonchev–Trinajstić information content (AvgIpc) is 2.49. The summed E-state index contributed by atoms with van der Waals surface area (Å²) < 4.78 is 23.8. The monoisotopic (exact) mass is 310 g/mol. The highest BCUT2D eigenvalue weighted by atomic mass is 35.5. The molecule has 0 heterocycles. The Morgan fingerprint density at radius 2 is 1.76 bits per heavy atom. The number of aliphatic hydroxyl groups is 1. The predicted octanol–water partition coefficient (Wildman–Crippen LogP) is 3.89. The summed E-state index contributed by atoms with van der Waals surface area (Å²) in [5.74, 6) is 0.669. The maximum absolute atomic E-state index is 13.4. The number of aryl methyl sites for hydroxylation is 1. The molecule has 112 valence electrons. The van der Waals surface area contributed by atoms with Crippen molar-refractivity contribution in [3.63, 3.8) is 0 Å². The summed E-state index contributed by atoms with van der Waals surface area (Å²) in [5.41, 5.74) is 1.46. The van der Waals surface area contributed by atoms with Crippen molar-refractivity contribution in [1.29, 1.82) is 0 Å². The number of methoxy groups -OCH3 is 2. The zero-order valence-electron chi connectivity index (χ0n) is 12.0. The summed E-state index contributed by atoms with van der Waals surface area (Å²) in [4.78, 5) is 0. The molecule has 5 heteroatoms. The Balaban J connectivity index is 2.45. The van der Waals surface area contributed by atoms with Crippen LogP contribution in [0.2, 0.25) is 5.02 Å². The van der Waals surface area contributed by atoms with E-state index in [0.29, 0.717) is 28.2 Å². The molecule has 0 saturated heterocycles. The van der Waals surface area contributed by atoms with Crippen molar-refractivity contribution >= 4 is 11.6 Å². The van der Waals surface area contributed by atoms with Crippen molar-refractivity contribution < 1.29 is 19.0 Å². The number of rotatable bonds is 4. The molecular weight excluding hydrogens is 295 g/mol. The summed E-state index contributed by atoms with van der Waals surface area (Å²) in [6, 6.07) is 7.82. The van der Waals surface area contributed by atoms with Gasteiger partial charge >= 0.3 is 0 Å². The molecule has 0 amide bonds. The molecule has 0 aromatic heterocycles. The van der Waals surface area contributed by atoms with Crippen LogP contribution in [0.1, 0.15) is 22.8 Å². The molecule has 0 aliphatic rings. The lowest BCUT2D eigenvalue weighted by molar-refractivity contribution is 0.219. The van der Waals surface area contributed by atoms with E-state index in [2.05, 4.69) is 0 Å². The standard InChI is InChI=1S/C16H16ClFO3/c1-9-6-11(12(17)8-13(9)18)16(19)10-4-5-14(20-2)15(7-10)21-3/h4-8,16,19H,1-3H3. The molecule has 0 spiro atoms. The lowest BCUT2D eigenvalue weighted by Crippen LogP contribution is -2.03. The molecule has 1 N–H and O–H groups in total. The summed E-state index contributed by atoms with van der Waals surface area (Å²) >= 11 is 6.02. The first-order valence-corrected chi connectivity index (χ1v) is 6.71. The van der Waals surface area contributed by atoms with Crippen LogP contribution in [-0.2, 0) is 0 Å². The van der Waals surface area contributed by atoms with Crippen LogP contribution in [0.5, 0.6) is 11.5 Å². The lowest BCUT2D eigenvalue weighted by atomic mass is 9.99. The molecule has 21 heavy (non-hydrogen) atoms. The molecule has 0 fully saturated rings. The normalized spacial score (nSPS) is 12.1. The van der Waals surface area contributed by atoms with Gasteiger partial charge in [0.2, 0.25) is 0 Å². The van der Waals surface area contributed by atoms with E-state index in [0.717, 1.165) is 0 Å². The molecule has 2 aromatic carbocycles. The first-order valence-electron chi connectivity index (χ1n) is 6.33. The molecule has 1 unspecified atom stereocenters. The van der Waals surface area contributed by atoms with E-state index in [1.807, 2.05) is 0 Å². The third-order valence-electron chi connectivity index (χ3n) is 3.30. The van der Waals surface area contributed by atoms with Crippen LogP contribution in [0.15, 0.2) is 30.3 Å². The van der Waals surface area contributed by atoms with Gasteiger partial charge in [-0.1, -0.05) is 17.7 Å². The molecular formula is C16H16ClFO3. The van der Waals surface area contributed by atoms with Crippen LogP contribution in [0, 0.1) is 12.7 Å². The Bertz CT molecular complexity index is 658. The first-order chi connectivity index (χ1) is 9.97. The van der Waals surface area contributed by atoms with Crippen LogP contribution in [-0.4, -0.2) is 19.3 Å². The number of aliphatic hydroxyl groups excluding tert-OH is 1. The SMILES string of the molecule is COc1ccc(C(O)c2cc(C)c(F)cc2Cl)cc1OC. The number of hydrogen-bond acceptors (Lipinski definition) is 3. The summed E-state index contributed by atoms with van der Waals surface area (Å²) in [6.07, 6.45) is -0.975. The van der Waals surface area contributed by atoms with Gasteiger partial charge in [0, 0.05) is 10.6 Å². The summed E-state index contributed by atoms with van der Waals surface area (Å²) in [6.45, 7) is 1.62. The second-order valence-electron chi connectivity index (χ2n) is 4.64. The number of hydrogen-bond donors (Lipinski definition) is 1. The van der Waals surface area contributed by atoms with E-state index >= 15 is 0 Å². The molecule has 0 radical (unpaired) electrons. The van der Waals surface area contributed by atoms with Crippen molar-refractivity contribution in [2.24, 2.45) is 0 Å². The van der Waals surface area contributed by atoms with E-state index in [9.17, 15) is 9.50 Å². The molecule has 0 aliphatic carbocycles. The molecule has 2 aromatic rings. The van der Waals surface area contributed by atoms with E-state index in [1.54, 1.807) is 31.2 Å². The number of benzene rings is 2. The second-order valence-corrected chi connectivity index (χ2v) is 5.05. The Kier molecular flexibility index (Phi) is 4.70. The number of halogens is 2. The molecule has 0 bridgehead atoms. The van der Waals surface area contributed by atoms with Crippen LogP contribution in [0.3, 0.4) is 0 Å².